The smallest absolute Gasteiger partial charge is 0.141 e. The Morgan fingerprint density at radius 1 is 1.25 bits per heavy atom. The Bertz CT molecular complexity index is 611. The number of benzene rings is 2. The summed E-state index contributed by atoms with van der Waals surface area (Å²) in [7, 11) is 0. The molecule has 1 N–H and O–H groups in total. The highest BCUT2D eigenvalue weighted by Crippen LogP contribution is 2.33. The average molecular weight is 356 g/mol. The average Bonchev–Trinajstić information content (AvgIpc) is 2.42. The molecule has 4 heteroatoms. The van der Waals surface area contributed by atoms with Crippen molar-refractivity contribution in [2.75, 3.05) is 0 Å². The topological polar surface area (TPSA) is 29.5 Å². The maximum Gasteiger partial charge on any atom is 0.141 e. The molecule has 2 nitrogen and oxygen atoms in total. The van der Waals surface area contributed by atoms with Crippen LogP contribution in [0.3, 0.4) is 0 Å². The van der Waals surface area contributed by atoms with Crippen LogP contribution >= 0.6 is 27.5 Å². The van der Waals surface area contributed by atoms with E-state index in [0.717, 1.165) is 32.8 Å². The molecule has 0 saturated heterocycles. The number of aryl methyl sites for hydroxylation is 1. The summed E-state index contributed by atoms with van der Waals surface area (Å²) in [5.74, 6) is 1.45. The Labute approximate surface area is 132 Å². The SMILES string of the molecule is CCc1cc(Oc2ccc(C(C)O)cc2Br)ccc1Cl. The highest BCUT2D eigenvalue weighted by molar-refractivity contribution is 9.10. The van der Waals surface area contributed by atoms with Crippen molar-refractivity contribution in [1.82, 2.24) is 0 Å². The number of hydrogen-bond donors (Lipinski definition) is 1. The summed E-state index contributed by atoms with van der Waals surface area (Å²) >= 11 is 9.55. The van der Waals surface area contributed by atoms with Crippen LogP contribution in [0.25, 0.3) is 0 Å². The second kappa shape index (κ2) is 6.61. The normalized spacial score (nSPS) is 12.2. The van der Waals surface area contributed by atoms with Crippen molar-refractivity contribution in [3.05, 3.63) is 57.0 Å². The molecule has 0 aromatic heterocycles. The first-order valence-corrected chi connectivity index (χ1v) is 7.62. The molecule has 0 aliphatic rings. The molecule has 0 aliphatic heterocycles. The number of hydrogen-bond acceptors (Lipinski definition) is 2. The first-order valence-electron chi connectivity index (χ1n) is 6.45. The van der Waals surface area contributed by atoms with Gasteiger partial charge in [-0.05, 0) is 70.7 Å². The zero-order valence-corrected chi connectivity index (χ0v) is 13.7. The quantitative estimate of drug-likeness (QED) is 0.783. The molecular formula is C16H16BrClO2. The van der Waals surface area contributed by atoms with Gasteiger partial charge in [-0.25, -0.2) is 0 Å². The molecule has 0 aliphatic carbocycles. The van der Waals surface area contributed by atoms with Crippen molar-refractivity contribution in [3.63, 3.8) is 0 Å². The van der Waals surface area contributed by atoms with E-state index >= 15 is 0 Å². The first-order chi connectivity index (χ1) is 9.51. The van der Waals surface area contributed by atoms with E-state index in [9.17, 15) is 5.11 Å². The van der Waals surface area contributed by atoms with Crippen LogP contribution in [0.4, 0.5) is 0 Å². The van der Waals surface area contributed by atoms with Gasteiger partial charge in [0.1, 0.15) is 11.5 Å². The Morgan fingerprint density at radius 2 is 2.00 bits per heavy atom. The third-order valence-corrected chi connectivity index (χ3v) is 4.05. The van der Waals surface area contributed by atoms with Gasteiger partial charge in [-0.2, -0.15) is 0 Å². The third kappa shape index (κ3) is 3.54. The minimum atomic E-state index is -0.498. The first kappa shape index (κ1) is 15.4. The van der Waals surface area contributed by atoms with Crippen LogP contribution in [0.15, 0.2) is 40.9 Å². The molecule has 106 valence electrons. The van der Waals surface area contributed by atoms with Crippen LogP contribution in [-0.2, 0) is 6.42 Å². The van der Waals surface area contributed by atoms with E-state index in [1.54, 1.807) is 6.92 Å². The second-order valence-corrected chi connectivity index (χ2v) is 5.84. The highest BCUT2D eigenvalue weighted by atomic mass is 79.9. The minimum absolute atomic E-state index is 0.498. The molecule has 2 aromatic carbocycles. The van der Waals surface area contributed by atoms with E-state index in [4.69, 9.17) is 16.3 Å². The molecule has 0 fully saturated rings. The van der Waals surface area contributed by atoms with E-state index in [2.05, 4.69) is 22.9 Å². The van der Waals surface area contributed by atoms with E-state index in [1.807, 2.05) is 36.4 Å². The van der Waals surface area contributed by atoms with Gasteiger partial charge in [0, 0.05) is 5.02 Å². The summed E-state index contributed by atoms with van der Waals surface area (Å²) in [5.41, 5.74) is 1.90. The lowest BCUT2D eigenvalue weighted by molar-refractivity contribution is 0.199. The lowest BCUT2D eigenvalue weighted by atomic mass is 10.1. The standard InChI is InChI=1S/C16H16BrClO2/c1-3-11-8-13(5-6-15(11)18)20-16-7-4-12(10(2)19)9-14(16)17/h4-10,19H,3H2,1-2H3. The fourth-order valence-electron chi connectivity index (χ4n) is 1.87. The molecule has 0 bridgehead atoms. The predicted octanol–water partition coefficient (Wildman–Crippen LogP) is 5.51. The molecule has 0 heterocycles. The lowest BCUT2D eigenvalue weighted by Crippen LogP contribution is -1.93. The van der Waals surface area contributed by atoms with Gasteiger partial charge in [0.15, 0.2) is 0 Å². The lowest BCUT2D eigenvalue weighted by Gasteiger charge is -2.12. The van der Waals surface area contributed by atoms with Gasteiger partial charge in [0.25, 0.3) is 0 Å². The fraction of sp³-hybridized carbons (Fsp3) is 0.250. The number of halogens is 2. The Kier molecular flexibility index (Phi) is 5.08. The molecule has 1 unspecified atom stereocenters. The molecule has 2 aromatic rings. The van der Waals surface area contributed by atoms with Crippen molar-refractivity contribution in [1.29, 1.82) is 0 Å². The molecule has 1 atom stereocenters. The summed E-state index contributed by atoms with van der Waals surface area (Å²) in [5, 5.41) is 10.3. The second-order valence-electron chi connectivity index (χ2n) is 4.57. The number of aliphatic hydroxyl groups excluding tert-OH is 1. The van der Waals surface area contributed by atoms with Crippen LogP contribution < -0.4 is 4.74 Å². The molecule has 0 amide bonds. The Hall–Kier alpha value is -1.03. The van der Waals surface area contributed by atoms with Gasteiger partial charge in [-0.15, -0.1) is 0 Å². The monoisotopic (exact) mass is 354 g/mol. The van der Waals surface area contributed by atoms with Gasteiger partial charge in [0.2, 0.25) is 0 Å². The van der Waals surface area contributed by atoms with Gasteiger partial charge in [0.05, 0.1) is 10.6 Å². The van der Waals surface area contributed by atoms with Crippen molar-refractivity contribution in [2.45, 2.75) is 26.4 Å². The highest BCUT2D eigenvalue weighted by Gasteiger charge is 2.08. The number of rotatable bonds is 4. The van der Waals surface area contributed by atoms with E-state index in [-0.39, 0.29) is 0 Å². The summed E-state index contributed by atoms with van der Waals surface area (Å²) in [6.45, 7) is 3.79. The molecule has 2 rings (SSSR count). The molecule has 20 heavy (non-hydrogen) atoms. The number of aliphatic hydroxyl groups is 1. The Morgan fingerprint density at radius 3 is 2.60 bits per heavy atom. The van der Waals surface area contributed by atoms with Crippen LogP contribution in [0.1, 0.15) is 31.1 Å². The molecular weight excluding hydrogens is 340 g/mol. The maximum atomic E-state index is 9.55. The Balaban J connectivity index is 2.26. The van der Waals surface area contributed by atoms with Crippen LogP contribution in [0, 0.1) is 0 Å². The summed E-state index contributed by atoms with van der Waals surface area (Å²) in [4.78, 5) is 0. The molecule has 0 radical (unpaired) electrons. The predicted molar refractivity (Wildman–Crippen MR) is 85.7 cm³/mol. The van der Waals surface area contributed by atoms with E-state index in [0.29, 0.717) is 5.75 Å². The number of ether oxygens (including phenoxy) is 1. The fourth-order valence-corrected chi connectivity index (χ4v) is 2.60. The maximum absolute atomic E-state index is 9.55. The van der Waals surface area contributed by atoms with Gasteiger partial charge in [-0.3, -0.25) is 0 Å². The van der Waals surface area contributed by atoms with E-state index in [1.165, 1.54) is 0 Å². The largest absolute Gasteiger partial charge is 0.456 e. The molecule has 0 saturated carbocycles. The van der Waals surface area contributed by atoms with Crippen LogP contribution in [0.2, 0.25) is 5.02 Å². The van der Waals surface area contributed by atoms with E-state index < -0.39 is 6.10 Å². The zero-order chi connectivity index (χ0) is 14.7. The summed E-state index contributed by atoms with van der Waals surface area (Å²) in [6, 6.07) is 11.2. The minimum Gasteiger partial charge on any atom is -0.456 e. The zero-order valence-electron chi connectivity index (χ0n) is 11.4. The van der Waals surface area contributed by atoms with Gasteiger partial charge in [-0.1, -0.05) is 24.6 Å². The summed E-state index contributed by atoms with van der Waals surface area (Å²) in [6.07, 6.45) is 0.362. The van der Waals surface area contributed by atoms with Gasteiger partial charge < -0.3 is 9.84 Å². The van der Waals surface area contributed by atoms with Crippen LogP contribution in [0.5, 0.6) is 11.5 Å². The summed E-state index contributed by atoms with van der Waals surface area (Å²) < 4.78 is 6.66. The van der Waals surface area contributed by atoms with Crippen LogP contribution in [-0.4, -0.2) is 5.11 Å². The van der Waals surface area contributed by atoms with Crippen molar-refractivity contribution in [2.24, 2.45) is 0 Å². The van der Waals surface area contributed by atoms with Crippen molar-refractivity contribution in [3.8, 4) is 11.5 Å². The van der Waals surface area contributed by atoms with Gasteiger partial charge >= 0.3 is 0 Å². The van der Waals surface area contributed by atoms with Crippen molar-refractivity contribution >= 4 is 27.5 Å². The van der Waals surface area contributed by atoms with Crippen molar-refractivity contribution < 1.29 is 9.84 Å². The molecule has 0 spiro atoms. The third-order valence-electron chi connectivity index (χ3n) is 3.06.